The van der Waals surface area contributed by atoms with Gasteiger partial charge in [0.2, 0.25) is 5.88 Å². The summed E-state index contributed by atoms with van der Waals surface area (Å²) in [4.78, 5) is 24.0. The predicted octanol–water partition coefficient (Wildman–Crippen LogP) is 4.01. The van der Waals surface area contributed by atoms with Crippen molar-refractivity contribution in [1.82, 2.24) is 19.8 Å². The third-order valence-electron chi connectivity index (χ3n) is 5.70. The highest BCUT2D eigenvalue weighted by Crippen LogP contribution is 2.36. The molecule has 0 unspecified atom stereocenters. The first-order valence-electron chi connectivity index (χ1n) is 10.4. The maximum atomic E-state index is 12.2. The average molecular weight is 431 g/mol. The number of carbonyl (C=O) groups is 1. The fourth-order valence-corrected chi connectivity index (χ4v) is 4.25. The largest absolute Gasteiger partial charge is 0.489 e. The fourth-order valence-electron chi connectivity index (χ4n) is 4.02. The Morgan fingerprint density at radius 1 is 1.27 bits per heavy atom. The van der Waals surface area contributed by atoms with Crippen LogP contribution in [0.15, 0.2) is 36.8 Å². The third-order valence-corrected chi connectivity index (χ3v) is 6.13. The Hall–Kier alpha value is -2.38. The van der Waals surface area contributed by atoms with Crippen LogP contribution in [0.5, 0.6) is 11.6 Å². The third kappa shape index (κ3) is 5.21. The molecule has 1 saturated carbocycles. The van der Waals surface area contributed by atoms with Crippen LogP contribution in [0.4, 0.5) is 4.79 Å². The first-order valence-corrected chi connectivity index (χ1v) is 10.8. The van der Waals surface area contributed by atoms with Gasteiger partial charge in [-0.1, -0.05) is 23.7 Å². The standard InChI is InChI=1S/C22H27ClN4O3/c1-26(22(28)30-20-13-24-7-8-25-20)14-16-11-18(12-16)29-19-6-4-5-17(21(19)23)15-27-9-2-3-10-27/h4-8,13,16,18H,2-3,9-12,14-15H2,1H3. The maximum absolute atomic E-state index is 12.2. The zero-order valence-electron chi connectivity index (χ0n) is 17.2. The smallest absolute Gasteiger partial charge is 0.416 e. The number of benzene rings is 1. The van der Waals surface area contributed by atoms with Gasteiger partial charge in [0.25, 0.3) is 0 Å². The Morgan fingerprint density at radius 3 is 2.80 bits per heavy atom. The van der Waals surface area contributed by atoms with E-state index in [0.717, 1.165) is 48.8 Å². The second kappa shape index (κ2) is 9.62. The van der Waals surface area contributed by atoms with Crippen LogP contribution in [-0.4, -0.2) is 58.6 Å². The molecule has 0 N–H and O–H groups in total. The topological polar surface area (TPSA) is 67.8 Å². The Morgan fingerprint density at radius 2 is 2.07 bits per heavy atom. The summed E-state index contributed by atoms with van der Waals surface area (Å²) >= 11 is 6.62. The highest BCUT2D eigenvalue weighted by atomic mass is 35.5. The second-order valence-electron chi connectivity index (χ2n) is 8.08. The van der Waals surface area contributed by atoms with Gasteiger partial charge in [-0.2, -0.15) is 0 Å². The molecule has 1 aromatic carbocycles. The van der Waals surface area contributed by atoms with E-state index in [1.165, 1.54) is 31.4 Å². The van der Waals surface area contributed by atoms with Gasteiger partial charge in [-0.25, -0.2) is 9.78 Å². The van der Waals surface area contributed by atoms with Crippen LogP contribution in [-0.2, 0) is 6.54 Å². The van der Waals surface area contributed by atoms with Crippen LogP contribution in [0.3, 0.4) is 0 Å². The summed E-state index contributed by atoms with van der Waals surface area (Å²) in [5, 5.41) is 0.720. The van der Waals surface area contributed by atoms with Gasteiger partial charge in [0.15, 0.2) is 0 Å². The van der Waals surface area contributed by atoms with Gasteiger partial charge < -0.3 is 14.4 Å². The molecule has 1 aromatic heterocycles. The van der Waals surface area contributed by atoms with Crippen molar-refractivity contribution in [3.8, 4) is 11.6 Å². The molecule has 8 heteroatoms. The minimum atomic E-state index is -0.433. The summed E-state index contributed by atoms with van der Waals surface area (Å²) in [6.07, 6.45) is 8.42. The lowest BCUT2D eigenvalue weighted by Crippen LogP contribution is -2.42. The van der Waals surface area contributed by atoms with E-state index < -0.39 is 6.09 Å². The number of carbonyl (C=O) groups excluding carboxylic acids is 1. The van der Waals surface area contributed by atoms with Gasteiger partial charge in [-0.15, -0.1) is 0 Å². The zero-order valence-corrected chi connectivity index (χ0v) is 17.9. The van der Waals surface area contributed by atoms with E-state index in [1.54, 1.807) is 11.9 Å². The van der Waals surface area contributed by atoms with Crippen molar-refractivity contribution in [1.29, 1.82) is 0 Å². The number of nitrogens with zero attached hydrogens (tertiary/aromatic N) is 4. The van der Waals surface area contributed by atoms with Gasteiger partial charge in [0.05, 0.1) is 17.3 Å². The van der Waals surface area contributed by atoms with Crippen molar-refractivity contribution < 1.29 is 14.3 Å². The van der Waals surface area contributed by atoms with Crippen molar-refractivity contribution in [2.45, 2.75) is 38.3 Å². The van der Waals surface area contributed by atoms with Crippen molar-refractivity contribution >= 4 is 17.7 Å². The Kier molecular flexibility index (Phi) is 6.69. The molecular weight excluding hydrogens is 404 g/mol. The molecule has 2 fully saturated rings. The fraction of sp³-hybridized carbons (Fsp3) is 0.500. The number of hydrogen-bond acceptors (Lipinski definition) is 6. The Balaban J connectivity index is 1.23. The molecule has 30 heavy (non-hydrogen) atoms. The molecule has 1 amide bonds. The number of aromatic nitrogens is 2. The summed E-state index contributed by atoms with van der Waals surface area (Å²) in [7, 11) is 1.73. The summed E-state index contributed by atoms with van der Waals surface area (Å²) in [6, 6.07) is 6.03. The van der Waals surface area contributed by atoms with Gasteiger partial charge in [0, 0.05) is 32.5 Å². The van der Waals surface area contributed by atoms with Gasteiger partial charge in [0.1, 0.15) is 5.75 Å². The van der Waals surface area contributed by atoms with Crippen LogP contribution in [0, 0.1) is 5.92 Å². The van der Waals surface area contributed by atoms with E-state index in [2.05, 4.69) is 20.9 Å². The van der Waals surface area contributed by atoms with Crippen LogP contribution < -0.4 is 9.47 Å². The molecule has 2 aromatic rings. The molecule has 2 heterocycles. The van der Waals surface area contributed by atoms with E-state index in [4.69, 9.17) is 21.1 Å². The van der Waals surface area contributed by atoms with E-state index in [1.807, 2.05) is 12.1 Å². The van der Waals surface area contributed by atoms with Crippen LogP contribution >= 0.6 is 11.6 Å². The predicted molar refractivity (Wildman–Crippen MR) is 114 cm³/mol. The normalized spacial score (nSPS) is 21.1. The molecule has 4 rings (SSSR count). The number of amides is 1. The van der Waals surface area contributed by atoms with Crippen LogP contribution in [0.25, 0.3) is 0 Å². The molecule has 1 saturated heterocycles. The summed E-state index contributed by atoms with van der Waals surface area (Å²) in [5.41, 5.74) is 1.12. The number of hydrogen-bond donors (Lipinski definition) is 0. The highest BCUT2D eigenvalue weighted by molar-refractivity contribution is 6.32. The van der Waals surface area contributed by atoms with Crippen molar-refractivity contribution in [3.63, 3.8) is 0 Å². The first-order chi connectivity index (χ1) is 14.6. The van der Waals surface area contributed by atoms with Crippen LogP contribution in [0.1, 0.15) is 31.2 Å². The average Bonchev–Trinajstić information content (AvgIpc) is 3.23. The lowest BCUT2D eigenvalue weighted by Gasteiger charge is -2.37. The molecule has 0 radical (unpaired) electrons. The number of ether oxygens (including phenoxy) is 2. The second-order valence-corrected chi connectivity index (χ2v) is 8.46. The van der Waals surface area contributed by atoms with E-state index in [9.17, 15) is 4.79 Å². The molecule has 0 spiro atoms. The minimum absolute atomic E-state index is 0.124. The highest BCUT2D eigenvalue weighted by Gasteiger charge is 2.33. The Labute approximate surface area is 182 Å². The van der Waals surface area contributed by atoms with Gasteiger partial charge >= 0.3 is 6.09 Å². The quantitative estimate of drug-likeness (QED) is 0.661. The lowest BCUT2D eigenvalue weighted by atomic mass is 9.82. The van der Waals surface area contributed by atoms with Crippen molar-refractivity contribution in [2.75, 3.05) is 26.7 Å². The first kappa shape index (κ1) is 20.9. The van der Waals surface area contributed by atoms with Crippen LogP contribution in [0.2, 0.25) is 5.02 Å². The molecule has 160 valence electrons. The van der Waals surface area contributed by atoms with E-state index in [0.29, 0.717) is 12.5 Å². The molecule has 0 bridgehead atoms. The Bertz CT molecular complexity index is 855. The minimum Gasteiger partial charge on any atom is -0.489 e. The summed E-state index contributed by atoms with van der Waals surface area (Å²) in [5.74, 6) is 1.33. The lowest BCUT2D eigenvalue weighted by molar-refractivity contribution is 0.0482. The molecule has 1 aliphatic carbocycles. The zero-order chi connectivity index (χ0) is 20.9. The van der Waals surface area contributed by atoms with Gasteiger partial charge in [-0.05, 0) is 56.3 Å². The molecule has 2 aliphatic rings. The summed E-state index contributed by atoms with van der Waals surface area (Å²) in [6.45, 7) is 3.76. The monoisotopic (exact) mass is 430 g/mol. The van der Waals surface area contributed by atoms with Gasteiger partial charge in [-0.3, -0.25) is 9.88 Å². The molecular formula is C22H27ClN4O3. The molecule has 0 atom stereocenters. The van der Waals surface area contributed by atoms with Crippen molar-refractivity contribution in [3.05, 3.63) is 47.4 Å². The van der Waals surface area contributed by atoms with E-state index in [-0.39, 0.29) is 12.0 Å². The number of likely N-dealkylation sites (tertiary alicyclic amines) is 1. The number of halogens is 1. The SMILES string of the molecule is CN(CC1CC(Oc2cccc(CN3CCCC3)c2Cl)C1)C(=O)Oc1cnccn1. The number of rotatable bonds is 7. The maximum Gasteiger partial charge on any atom is 0.416 e. The summed E-state index contributed by atoms with van der Waals surface area (Å²) < 4.78 is 11.4. The van der Waals surface area contributed by atoms with Crippen molar-refractivity contribution in [2.24, 2.45) is 5.92 Å². The van der Waals surface area contributed by atoms with E-state index >= 15 is 0 Å². The molecule has 7 nitrogen and oxygen atoms in total. The molecule has 1 aliphatic heterocycles.